The Labute approximate surface area is 534 Å². The molecule has 28 heteroatoms. The molecule has 0 saturated carbocycles. The summed E-state index contributed by atoms with van der Waals surface area (Å²) in [5, 5.41) is 15.3. The Hall–Kier alpha value is -9.11. The van der Waals surface area contributed by atoms with E-state index in [0.29, 0.717) is 107 Å². The molecule has 4 aromatic rings. The van der Waals surface area contributed by atoms with E-state index in [1.165, 1.54) is 6.66 Å². The summed E-state index contributed by atoms with van der Waals surface area (Å²) in [7, 11) is 0.946. The highest BCUT2D eigenvalue weighted by Gasteiger charge is 2.23. The molecule has 10 rings (SSSR count). The minimum absolute atomic E-state index is 0.0699. The van der Waals surface area contributed by atoms with Crippen LogP contribution in [0.15, 0.2) is 95.5 Å². The van der Waals surface area contributed by atoms with Crippen LogP contribution in [0.3, 0.4) is 0 Å². The van der Waals surface area contributed by atoms with E-state index in [-0.39, 0.29) is 52.7 Å². The number of rotatable bonds is 27. The maximum absolute atomic E-state index is 12.4. The fraction of sp³-hybridized carbons (Fsp3) is 0.415. The number of hydrogen-bond acceptors (Lipinski definition) is 20. The molecule has 0 fully saturated rings. The Kier molecular flexibility index (Phi) is 24.0. The topological polar surface area (TPSA) is 370 Å². The van der Waals surface area contributed by atoms with Gasteiger partial charge in [-0.1, -0.05) is 43.2 Å². The number of hydrogen-bond donors (Lipinski definition) is 7. The summed E-state index contributed by atoms with van der Waals surface area (Å²) < 4.78 is 22.5. The highest BCUT2D eigenvalue weighted by Crippen LogP contribution is 2.36. The highest BCUT2D eigenvalue weighted by molar-refractivity contribution is 7.57. The zero-order valence-electron chi connectivity index (χ0n) is 53.7. The Morgan fingerprint density at radius 3 is 1.41 bits per heavy atom. The summed E-state index contributed by atoms with van der Waals surface area (Å²) in [5.74, 6) is 0.682. The second kappa shape index (κ2) is 32.0. The van der Waals surface area contributed by atoms with Crippen LogP contribution in [0.4, 0.5) is 5.69 Å². The van der Waals surface area contributed by atoms with Gasteiger partial charge in [0.15, 0.2) is 53.5 Å². The predicted molar refractivity (Wildman–Crippen MR) is 358 cm³/mol. The number of aliphatic hydroxyl groups excluding tert-OH is 1. The van der Waals surface area contributed by atoms with Crippen molar-refractivity contribution < 1.29 is 28.9 Å². The number of carbonyl (C=O) groups excluding carboxylic acids is 2. The average molecular weight is 1290 g/mol. The van der Waals surface area contributed by atoms with Gasteiger partial charge >= 0.3 is 17.1 Å². The van der Waals surface area contributed by atoms with E-state index in [1.807, 2.05) is 134 Å². The molecule has 492 valence electrons. The van der Waals surface area contributed by atoms with Crippen molar-refractivity contribution in [1.82, 2.24) is 69.2 Å². The molecule has 4 aromatic carbocycles. The number of aliphatic hydroxyl groups is 1. The third-order valence-corrected chi connectivity index (χ3v) is 16.9. The van der Waals surface area contributed by atoms with Crippen LogP contribution >= 0.6 is 7.37 Å². The van der Waals surface area contributed by atoms with Gasteiger partial charge in [-0.2, -0.15) is 15.0 Å². The number of aryl methyl sites for hydroxylation is 6. The number of ketones is 2. The lowest BCUT2D eigenvalue weighted by molar-refractivity contribution is -0.124. The molecule has 6 aliphatic rings. The molecule has 0 bridgehead atoms. The van der Waals surface area contributed by atoms with Crippen LogP contribution in [-0.4, -0.2) is 146 Å². The third kappa shape index (κ3) is 18.6. The first kappa shape index (κ1) is 69.8. The predicted octanol–water partition coefficient (Wildman–Crippen LogP) is 4.91. The van der Waals surface area contributed by atoms with Crippen molar-refractivity contribution in [3.05, 3.63) is 163 Å². The minimum Gasteiger partial charge on any atom is -0.389 e. The number of carbonyl (C=O) groups is 2. The van der Waals surface area contributed by atoms with E-state index in [9.17, 15) is 47.8 Å². The van der Waals surface area contributed by atoms with Crippen molar-refractivity contribution in [2.45, 2.75) is 112 Å². The third-order valence-electron chi connectivity index (χ3n) is 15.8. The largest absolute Gasteiger partial charge is 0.389 e. The second-order valence-electron chi connectivity index (χ2n) is 23.4. The molecule has 27 nitrogen and oxygen atoms in total. The van der Waals surface area contributed by atoms with Crippen molar-refractivity contribution in [3.8, 4) is 34.6 Å². The molecular formula is C65H80N15O12P. The molecule has 0 amide bonds. The average Bonchev–Trinajstić information content (AvgIpc) is 0.781. The number of aromatic nitrogens is 12. The number of unbranched alkanes of at least 4 members (excludes halogenated alkanes) is 3. The van der Waals surface area contributed by atoms with Gasteiger partial charge in [-0.05, 0) is 143 Å². The first-order valence-corrected chi connectivity index (χ1v) is 33.1. The summed E-state index contributed by atoms with van der Waals surface area (Å²) in [4.78, 5) is 139. The smallest absolute Gasteiger partial charge is 0.349 e. The SMILES string of the molecule is Cc1cc2nc3c(=O)[nH]c(=O)nc-3n(CCCCCCP(C)(=O)O)c2cc1N(C)C.Cc1cc2nc3c(=O)[nH]c(=O)nc-3n(CCNCCCC(=O)CO)c2cc1C.Cc1cc2nc3c(=O)[nH]c(=O)nc-3n(CCNCCCC(=O)COCc3ccccc3)c2cc1C. The Morgan fingerprint density at radius 1 is 0.538 bits per heavy atom. The number of Topliss-reactive ketones (excluding diaryl/α,β-unsaturated/α-hetero) is 2. The fourth-order valence-electron chi connectivity index (χ4n) is 10.7. The van der Waals surface area contributed by atoms with E-state index in [2.05, 4.69) is 55.5 Å². The van der Waals surface area contributed by atoms with Gasteiger partial charge in [0.05, 0.1) is 39.7 Å². The van der Waals surface area contributed by atoms with Crippen LogP contribution < -0.4 is 49.3 Å². The molecule has 0 saturated heterocycles. The number of fused-ring (bicyclic) bond motifs is 6. The van der Waals surface area contributed by atoms with E-state index < -0.39 is 47.7 Å². The van der Waals surface area contributed by atoms with E-state index in [1.54, 1.807) is 0 Å². The van der Waals surface area contributed by atoms with Gasteiger partial charge in [0, 0.05) is 78.2 Å². The van der Waals surface area contributed by atoms with Crippen molar-refractivity contribution >= 4 is 57.7 Å². The van der Waals surface area contributed by atoms with Crippen LogP contribution in [0.2, 0.25) is 0 Å². The Bertz CT molecular complexity index is 4630. The summed E-state index contributed by atoms with van der Waals surface area (Å²) in [6, 6.07) is 21.5. The van der Waals surface area contributed by atoms with E-state index in [0.717, 1.165) is 74.9 Å². The molecular weight excluding hydrogens is 1210 g/mol. The van der Waals surface area contributed by atoms with Crippen molar-refractivity contribution in [1.29, 1.82) is 0 Å². The summed E-state index contributed by atoms with van der Waals surface area (Å²) in [5.41, 5.74) is 8.48. The molecule has 7 N–H and O–H groups in total. The number of benzene rings is 4. The maximum Gasteiger partial charge on any atom is 0.349 e. The number of nitrogens with zero attached hydrogens (tertiary/aromatic N) is 10. The standard InChI is InChI=1S/C26H29N5O4.C20H28N5O4P.C19H23N5O4/c1-17-13-21-22(14-18(17)2)31(24-23(28-21)25(33)30-26(34)29-24)12-11-27-10-6-9-20(32)16-35-15-19-7-4-3-5-8-19;1-13-11-14-16(12-15(13)24(2)3)25(9-7-5-6-8-10-30(4,28)29)18-17(21-14)19(26)23-20(27)22-18;1-11-8-14-15(9-12(11)2)24(7-6-20-5-3-4-13(26)10-25)17-16(21-14)18(27)23-19(28)22-17/h3-5,7-8,13-14,27H,6,9-12,15-16H2,1-2H3,(H,30,33,34);11-12H,5-10H2,1-4H3,(H,28,29)(H,23,26,27);8-9,20,25H,3-7,10H2,1-2H3,(H,23,27,28). The van der Waals surface area contributed by atoms with Crippen molar-refractivity contribution in [3.63, 3.8) is 0 Å². The number of H-pyrrole nitrogens is 3. The first-order chi connectivity index (χ1) is 44.4. The van der Waals surface area contributed by atoms with Crippen LogP contribution in [0.25, 0.3) is 67.7 Å². The van der Waals surface area contributed by atoms with Gasteiger partial charge in [0.2, 0.25) is 0 Å². The van der Waals surface area contributed by atoms with Crippen LogP contribution in [0.1, 0.15) is 84.7 Å². The van der Waals surface area contributed by atoms with Crippen molar-refractivity contribution in [2.24, 2.45) is 0 Å². The zero-order chi connectivity index (χ0) is 67.1. The maximum atomic E-state index is 12.4. The fourth-order valence-corrected chi connectivity index (χ4v) is 11.5. The molecule has 0 radical (unpaired) electrons. The molecule has 1 unspecified atom stereocenters. The Morgan fingerprint density at radius 2 is 0.957 bits per heavy atom. The lowest BCUT2D eigenvalue weighted by Crippen LogP contribution is -2.30. The molecule has 6 heterocycles. The van der Waals surface area contributed by atoms with E-state index >= 15 is 0 Å². The normalized spacial score (nSPS) is 12.1. The highest BCUT2D eigenvalue weighted by atomic mass is 31.2. The van der Waals surface area contributed by atoms with Crippen LogP contribution in [0.5, 0.6) is 0 Å². The number of ether oxygens (including phenoxy) is 1. The minimum atomic E-state index is -2.97. The molecule has 0 aliphatic carbocycles. The summed E-state index contributed by atoms with van der Waals surface area (Å²) >= 11 is 0. The van der Waals surface area contributed by atoms with E-state index in [4.69, 9.17) is 9.84 Å². The Balaban J connectivity index is 0.000000181. The molecule has 6 aliphatic heterocycles. The number of nitrogens with one attached hydrogen (secondary N) is 5. The second-order valence-corrected chi connectivity index (χ2v) is 26.0. The van der Waals surface area contributed by atoms with Gasteiger partial charge in [-0.25, -0.2) is 29.3 Å². The number of anilines is 1. The van der Waals surface area contributed by atoms with Gasteiger partial charge in [-0.3, -0.25) is 43.5 Å². The zero-order valence-corrected chi connectivity index (χ0v) is 54.6. The first-order valence-electron chi connectivity index (χ1n) is 30.8. The van der Waals surface area contributed by atoms with Gasteiger partial charge < -0.3 is 44.0 Å². The molecule has 93 heavy (non-hydrogen) atoms. The van der Waals surface area contributed by atoms with Gasteiger partial charge in [0.25, 0.3) is 16.7 Å². The van der Waals surface area contributed by atoms with Crippen LogP contribution in [-0.2, 0) is 45.1 Å². The number of aromatic amines is 3. The lowest BCUT2D eigenvalue weighted by atomic mass is 10.1. The quantitative estimate of drug-likeness (QED) is 0.0204. The van der Waals surface area contributed by atoms with Gasteiger partial charge in [0.1, 0.15) is 13.2 Å². The summed E-state index contributed by atoms with van der Waals surface area (Å²) in [6.07, 6.45) is 5.58. The monoisotopic (exact) mass is 1290 g/mol. The van der Waals surface area contributed by atoms with Crippen LogP contribution in [0, 0.1) is 34.6 Å². The van der Waals surface area contributed by atoms with Crippen molar-refractivity contribution in [2.75, 3.05) is 71.2 Å². The molecule has 0 spiro atoms. The molecule has 0 aromatic heterocycles. The lowest BCUT2D eigenvalue weighted by Gasteiger charge is -2.21. The van der Waals surface area contributed by atoms with Gasteiger partial charge in [-0.15, -0.1) is 0 Å². The summed E-state index contributed by atoms with van der Waals surface area (Å²) in [6.45, 7) is 15.4. The molecule has 1 atom stereocenters.